The van der Waals surface area contributed by atoms with Gasteiger partial charge in [-0.2, -0.15) is 0 Å². The molecule has 0 aliphatic carbocycles. The van der Waals surface area contributed by atoms with Crippen molar-refractivity contribution < 1.29 is 5.48 Å². The molecule has 1 aromatic carbocycles. The third-order valence-corrected chi connectivity index (χ3v) is 1.97. The maximum Gasteiger partial charge on any atom is 0.0626 e. The Morgan fingerprint density at radius 1 is 1.08 bits per heavy atom. The summed E-state index contributed by atoms with van der Waals surface area (Å²) < 4.78 is 32.1. The van der Waals surface area contributed by atoms with Gasteiger partial charge >= 0.3 is 0 Å². The van der Waals surface area contributed by atoms with Gasteiger partial charge in [0.05, 0.1) is 5.48 Å². The van der Waals surface area contributed by atoms with Crippen LogP contribution in [0.2, 0.25) is 0 Å². The van der Waals surface area contributed by atoms with Crippen molar-refractivity contribution in [2.75, 3.05) is 0 Å². The van der Waals surface area contributed by atoms with E-state index >= 15 is 0 Å². The maximum atomic E-state index is 8.03. The van der Waals surface area contributed by atoms with Crippen molar-refractivity contribution in [1.82, 2.24) is 0 Å². The van der Waals surface area contributed by atoms with E-state index < -0.39 is 0 Å². The third kappa shape index (κ3) is 2.58. The maximum absolute atomic E-state index is 8.03. The molecule has 0 heterocycles. The third-order valence-electron chi connectivity index (χ3n) is 1.97. The minimum Gasteiger partial charge on any atom is -0.0587 e. The summed E-state index contributed by atoms with van der Waals surface area (Å²) >= 11 is 0. The molecule has 13 heavy (non-hydrogen) atoms. The lowest BCUT2D eigenvalue weighted by Gasteiger charge is -2.19. The van der Waals surface area contributed by atoms with E-state index in [1.165, 1.54) is 0 Å². The average molecular weight is 180 g/mol. The first-order chi connectivity index (χ1) is 7.59. The van der Waals surface area contributed by atoms with Gasteiger partial charge in [0, 0.05) is 0 Å². The molecular formula is C13H20. The topological polar surface area (TPSA) is 0 Å². The second-order valence-electron chi connectivity index (χ2n) is 4.69. The van der Waals surface area contributed by atoms with Crippen molar-refractivity contribution in [3.63, 3.8) is 0 Å². The summed E-state index contributed by atoms with van der Waals surface area (Å²) in [4.78, 5) is 0. The van der Waals surface area contributed by atoms with Crippen LogP contribution in [-0.2, 0) is 5.41 Å². The predicted octanol–water partition coefficient (Wildman–Crippen LogP) is 4.11. The highest BCUT2D eigenvalue weighted by atomic mass is 14.2. The van der Waals surface area contributed by atoms with E-state index in [9.17, 15) is 0 Å². The fourth-order valence-corrected chi connectivity index (χ4v) is 0.986. The van der Waals surface area contributed by atoms with E-state index in [-0.39, 0.29) is 35.5 Å². The van der Waals surface area contributed by atoms with Gasteiger partial charge in [-0.1, -0.05) is 58.8 Å². The summed E-state index contributed by atoms with van der Waals surface area (Å²) in [5.41, 5.74) is 0.625. The van der Waals surface area contributed by atoms with Crippen LogP contribution in [0.3, 0.4) is 0 Å². The van der Waals surface area contributed by atoms with Crippen LogP contribution in [-0.4, -0.2) is 0 Å². The van der Waals surface area contributed by atoms with Crippen LogP contribution >= 0.6 is 0 Å². The zero-order valence-electron chi connectivity index (χ0n) is 13.1. The monoisotopic (exact) mass is 180 g/mol. The molecule has 0 radical (unpaired) electrons. The van der Waals surface area contributed by atoms with Crippen LogP contribution in [0.1, 0.15) is 57.1 Å². The Kier molecular flexibility index (Phi) is 1.59. The molecule has 0 aromatic heterocycles. The average Bonchev–Trinajstić information content (AvgIpc) is 2.12. The highest BCUT2D eigenvalue weighted by Crippen LogP contribution is 2.24. The van der Waals surface area contributed by atoms with Gasteiger partial charge in [0.2, 0.25) is 0 Å². The van der Waals surface area contributed by atoms with Crippen molar-refractivity contribution in [1.29, 1.82) is 0 Å². The molecule has 0 aliphatic rings. The fraction of sp³-hybridized carbons (Fsp3) is 0.538. The SMILES string of the molecule is [2H]c1c([2H])c(C(C)(C)C)c([2H])c([2H])c1C(C)C. The number of benzene rings is 1. The minimum atomic E-state index is -0.380. The van der Waals surface area contributed by atoms with Crippen molar-refractivity contribution in [3.8, 4) is 0 Å². The minimum absolute atomic E-state index is 0.00258. The quantitative estimate of drug-likeness (QED) is 0.610. The standard InChI is InChI=1S/C13H20/c1-10(2)11-6-8-12(9-7-11)13(3,4)5/h6-10H,1-5H3/i6D,7D,8D,9D. The second-order valence-corrected chi connectivity index (χ2v) is 4.69. The normalized spacial score (nSPS) is 16.5. The Balaban J connectivity index is 3.71. The Bertz CT molecular complexity index is 413. The van der Waals surface area contributed by atoms with E-state index in [0.717, 1.165) is 0 Å². The molecule has 1 rings (SSSR count). The molecule has 0 N–H and O–H groups in total. The van der Waals surface area contributed by atoms with Crippen molar-refractivity contribution >= 4 is 0 Å². The molecule has 0 unspecified atom stereocenters. The number of hydrogen-bond donors (Lipinski definition) is 0. The second kappa shape index (κ2) is 3.53. The van der Waals surface area contributed by atoms with Crippen LogP contribution < -0.4 is 0 Å². The van der Waals surface area contributed by atoms with E-state index in [1.807, 2.05) is 34.6 Å². The fourth-order valence-electron chi connectivity index (χ4n) is 0.986. The molecule has 0 saturated carbocycles. The largest absolute Gasteiger partial charge is 0.0626 e. The molecular weight excluding hydrogens is 156 g/mol. The summed E-state index contributed by atoms with van der Waals surface area (Å²) in [6.07, 6.45) is 0. The molecule has 0 saturated heterocycles. The van der Waals surface area contributed by atoms with E-state index in [0.29, 0.717) is 11.1 Å². The van der Waals surface area contributed by atoms with E-state index in [1.54, 1.807) is 0 Å². The smallest absolute Gasteiger partial charge is 0.0587 e. The summed E-state index contributed by atoms with van der Waals surface area (Å²) in [7, 11) is 0. The molecule has 0 atom stereocenters. The lowest BCUT2D eigenvalue weighted by Crippen LogP contribution is -2.10. The molecule has 0 fully saturated rings. The zero-order valence-corrected chi connectivity index (χ0v) is 9.08. The van der Waals surface area contributed by atoms with Crippen LogP contribution in [0.5, 0.6) is 0 Å². The summed E-state index contributed by atoms with van der Waals surface area (Å²) in [6, 6.07) is 0.404. The van der Waals surface area contributed by atoms with Crippen LogP contribution in [0.15, 0.2) is 24.2 Å². The van der Waals surface area contributed by atoms with Crippen LogP contribution in [0.25, 0.3) is 0 Å². The van der Waals surface area contributed by atoms with Gasteiger partial charge < -0.3 is 0 Å². The Morgan fingerprint density at radius 3 is 1.85 bits per heavy atom. The lowest BCUT2D eigenvalue weighted by molar-refractivity contribution is 0.589. The van der Waals surface area contributed by atoms with Gasteiger partial charge in [-0.15, -0.1) is 0 Å². The molecule has 1 aromatic rings. The van der Waals surface area contributed by atoms with Gasteiger partial charge in [0.15, 0.2) is 0 Å². The van der Waals surface area contributed by atoms with Crippen LogP contribution in [0, 0.1) is 0 Å². The first-order valence-corrected chi connectivity index (χ1v) is 4.69. The van der Waals surface area contributed by atoms with E-state index in [4.69, 9.17) is 5.48 Å². The van der Waals surface area contributed by atoms with Crippen LogP contribution in [0.4, 0.5) is 0 Å². The molecule has 0 heteroatoms. The molecule has 0 nitrogen and oxygen atoms in total. The Labute approximate surface area is 87.6 Å². The molecule has 0 bridgehead atoms. The number of hydrogen-bond acceptors (Lipinski definition) is 0. The predicted molar refractivity (Wildman–Crippen MR) is 59.2 cm³/mol. The van der Waals surface area contributed by atoms with Gasteiger partial charge in [-0.25, -0.2) is 0 Å². The zero-order chi connectivity index (χ0) is 13.5. The molecule has 0 amide bonds. The van der Waals surface area contributed by atoms with Crippen molar-refractivity contribution in [3.05, 3.63) is 35.3 Å². The first-order valence-electron chi connectivity index (χ1n) is 6.69. The van der Waals surface area contributed by atoms with Crippen molar-refractivity contribution in [2.24, 2.45) is 0 Å². The summed E-state index contributed by atoms with van der Waals surface area (Å²) in [6.45, 7) is 9.51. The van der Waals surface area contributed by atoms with E-state index in [2.05, 4.69) is 0 Å². The molecule has 0 spiro atoms. The summed E-state index contributed by atoms with van der Waals surface area (Å²) in [5.74, 6) is -0.00258. The number of rotatable bonds is 1. The summed E-state index contributed by atoms with van der Waals surface area (Å²) in [5, 5.41) is 0. The van der Waals surface area contributed by atoms with Gasteiger partial charge in [0.1, 0.15) is 0 Å². The van der Waals surface area contributed by atoms with Gasteiger partial charge in [0.25, 0.3) is 0 Å². The Hall–Kier alpha value is -0.780. The highest BCUT2D eigenvalue weighted by Gasteiger charge is 2.12. The van der Waals surface area contributed by atoms with Gasteiger partial charge in [-0.3, -0.25) is 0 Å². The van der Waals surface area contributed by atoms with Gasteiger partial charge in [-0.05, 0) is 22.5 Å². The molecule has 0 aliphatic heterocycles. The first kappa shape index (κ1) is 5.85. The lowest BCUT2D eigenvalue weighted by atomic mass is 9.86. The Morgan fingerprint density at radius 2 is 1.54 bits per heavy atom. The highest BCUT2D eigenvalue weighted by molar-refractivity contribution is 5.28. The molecule has 72 valence electrons. The van der Waals surface area contributed by atoms with Crippen molar-refractivity contribution in [2.45, 2.75) is 46.0 Å².